The van der Waals surface area contributed by atoms with Crippen molar-refractivity contribution in [3.05, 3.63) is 46.6 Å². The van der Waals surface area contributed by atoms with Gasteiger partial charge in [-0.1, -0.05) is 23.4 Å². The van der Waals surface area contributed by atoms with Crippen LogP contribution < -0.4 is 5.32 Å². The maximum atomic E-state index is 12.0. The molecule has 2 N–H and O–H groups in total. The van der Waals surface area contributed by atoms with Crippen LogP contribution in [0.15, 0.2) is 29.0 Å². The first kappa shape index (κ1) is 14.1. The number of oxazole rings is 1. The lowest BCUT2D eigenvalue weighted by Gasteiger charge is -2.06. The lowest BCUT2D eigenvalue weighted by Crippen LogP contribution is -2.12. The average molecular weight is 291 g/mol. The first-order valence-electron chi connectivity index (χ1n) is 5.72. The van der Waals surface area contributed by atoms with Crippen molar-refractivity contribution in [2.45, 2.75) is 6.92 Å². The standard InChI is InChI=1S/C14H11ClN2O3/c1-9-13(20-8-16-9)14(19)17-12-7-10(3-2-6-18)4-5-11(12)15/h4-5,7-8,18H,6H2,1H3,(H,17,19). The van der Waals surface area contributed by atoms with Gasteiger partial charge in [-0.3, -0.25) is 4.79 Å². The topological polar surface area (TPSA) is 75.4 Å². The van der Waals surface area contributed by atoms with Gasteiger partial charge in [-0.25, -0.2) is 4.98 Å². The molecule has 2 aromatic rings. The number of aryl methyl sites for hydroxylation is 1. The van der Waals surface area contributed by atoms with Crippen molar-refractivity contribution in [3.8, 4) is 11.8 Å². The Morgan fingerprint density at radius 2 is 2.35 bits per heavy atom. The molecule has 6 heteroatoms. The third-order valence-electron chi connectivity index (χ3n) is 2.48. The van der Waals surface area contributed by atoms with Crippen LogP contribution in [-0.4, -0.2) is 22.6 Å². The number of nitrogens with one attached hydrogen (secondary N) is 1. The Kier molecular flexibility index (Phi) is 4.41. The molecule has 1 aromatic carbocycles. The van der Waals surface area contributed by atoms with Gasteiger partial charge in [-0.15, -0.1) is 0 Å². The summed E-state index contributed by atoms with van der Waals surface area (Å²) in [7, 11) is 0. The van der Waals surface area contributed by atoms with Gasteiger partial charge in [-0.05, 0) is 25.1 Å². The lowest BCUT2D eigenvalue weighted by molar-refractivity contribution is 0.0996. The van der Waals surface area contributed by atoms with Crippen LogP contribution >= 0.6 is 11.6 Å². The molecule has 102 valence electrons. The molecule has 1 heterocycles. The lowest BCUT2D eigenvalue weighted by atomic mass is 10.2. The van der Waals surface area contributed by atoms with E-state index >= 15 is 0 Å². The molecule has 1 amide bonds. The number of nitrogens with zero attached hydrogens (tertiary/aromatic N) is 1. The van der Waals surface area contributed by atoms with Gasteiger partial charge < -0.3 is 14.8 Å². The molecule has 0 bridgehead atoms. The number of rotatable bonds is 2. The van der Waals surface area contributed by atoms with Crippen molar-refractivity contribution in [2.24, 2.45) is 0 Å². The van der Waals surface area contributed by atoms with E-state index in [0.29, 0.717) is 22.0 Å². The summed E-state index contributed by atoms with van der Waals surface area (Å²) in [4.78, 5) is 15.8. The fourth-order valence-corrected chi connectivity index (χ4v) is 1.70. The zero-order chi connectivity index (χ0) is 14.5. The normalized spacial score (nSPS) is 9.75. The van der Waals surface area contributed by atoms with E-state index in [9.17, 15) is 4.79 Å². The highest BCUT2D eigenvalue weighted by Gasteiger charge is 2.15. The SMILES string of the molecule is Cc1ncoc1C(=O)Nc1cc(C#CCO)ccc1Cl. The molecular weight excluding hydrogens is 280 g/mol. The van der Waals surface area contributed by atoms with Crippen LogP contribution in [0.25, 0.3) is 0 Å². The second kappa shape index (κ2) is 6.24. The molecule has 0 aliphatic rings. The van der Waals surface area contributed by atoms with Crippen LogP contribution in [0.3, 0.4) is 0 Å². The van der Waals surface area contributed by atoms with Crippen LogP contribution in [0, 0.1) is 18.8 Å². The molecule has 1 aromatic heterocycles. The maximum absolute atomic E-state index is 12.0. The molecule has 0 saturated heterocycles. The van der Waals surface area contributed by atoms with Gasteiger partial charge in [0.2, 0.25) is 5.76 Å². The first-order valence-corrected chi connectivity index (χ1v) is 6.10. The van der Waals surface area contributed by atoms with E-state index in [1.807, 2.05) is 0 Å². The number of aliphatic hydroxyl groups is 1. The Morgan fingerprint density at radius 3 is 3.00 bits per heavy atom. The van der Waals surface area contributed by atoms with E-state index in [2.05, 4.69) is 22.1 Å². The van der Waals surface area contributed by atoms with E-state index in [1.54, 1.807) is 25.1 Å². The van der Waals surface area contributed by atoms with Crippen LogP contribution in [-0.2, 0) is 0 Å². The van der Waals surface area contributed by atoms with Gasteiger partial charge in [0.1, 0.15) is 6.61 Å². The van der Waals surface area contributed by atoms with E-state index < -0.39 is 5.91 Å². The molecule has 0 unspecified atom stereocenters. The highest BCUT2D eigenvalue weighted by atomic mass is 35.5. The Labute approximate surface area is 120 Å². The second-order valence-corrected chi connectivity index (χ2v) is 4.28. The summed E-state index contributed by atoms with van der Waals surface area (Å²) >= 11 is 6.02. The van der Waals surface area contributed by atoms with Crippen molar-refractivity contribution in [2.75, 3.05) is 11.9 Å². The number of benzene rings is 1. The zero-order valence-corrected chi connectivity index (χ0v) is 11.4. The summed E-state index contributed by atoms with van der Waals surface area (Å²) in [5.41, 5.74) is 1.54. The monoisotopic (exact) mass is 290 g/mol. The van der Waals surface area contributed by atoms with Gasteiger partial charge in [0, 0.05) is 5.56 Å². The summed E-state index contributed by atoms with van der Waals surface area (Å²) < 4.78 is 5.01. The minimum Gasteiger partial charge on any atom is -0.438 e. The maximum Gasteiger partial charge on any atom is 0.293 e. The van der Waals surface area contributed by atoms with E-state index in [-0.39, 0.29) is 12.4 Å². The molecule has 0 aliphatic heterocycles. The van der Waals surface area contributed by atoms with Crippen LogP contribution in [0.4, 0.5) is 5.69 Å². The highest BCUT2D eigenvalue weighted by molar-refractivity contribution is 6.34. The summed E-state index contributed by atoms with van der Waals surface area (Å²) in [5.74, 6) is 4.95. The second-order valence-electron chi connectivity index (χ2n) is 3.88. The first-order chi connectivity index (χ1) is 9.61. The number of carbonyl (C=O) groups excluding carboxylic acids is 1. The number of carbonyl (C=O) groups is 1. The van der Waals surface area contributed by atoms with Crippen molar-refractivity contribution in [3.63, 3.8) is 0 Å². The average Bonchev–Trinajstić information content (AvgIpc) is 2.86. The predicted octanol–water partition coefficient (Wildman–Crippen LogP) is 2.23. The number of anilines is 1. The van der Waals surface area contributed by atoms with Crippen LogP contribution in [0.2, 0.25) is 5.02 Å². The number of amides is 1. The molecule has 0 atom stereocenters. The number of halogens is 1. The van der Waals surface area contributed by atoms with Crippen molar-refractivity contribution >= 4 is 23.2 Å². The third-order valence-corrected chi connectivity index (χ3v) is 2.81. The highest BCUT2D eigenvalue weighted by Crippen LogP contribution is 2.23. The molecular formula is C14H11ClN2O3. The Balaban J connectivity index is 2.25. The minimum absolute atomic E-state index is 0.132. The van der Waals surface area contributed by atoms with Crippen molar-refractivity contribution in [1.82, 2.24) is 4.98 Å². The molecule has 0 fully saturated rings. The molecule has 0 saturated carbocycles. The fraction of sp³-hybridized carbons (Fsp3) is 0.143. The quantitative estimate of drug-likeness (QED) is 0.832. The Bertz CT molecular complexity index is 698. The minimum atomic E-state index is -0.436. The summed E-state index contributed by atoms with van der Waals surface area (Å²) in [6.45, 7) is 1.44. The summed E-state index contributed by atoms with van der Waals surface area (Å²) in [6, 6.07) is 4.93. The fourth-order valence-electron chi connectivity index (χ4n) is 1.54. The Morgan fingerprint density at radius 1 is 1.55 bits per heavy atom. The van der Waals surface area contributed by atoms with Gasteiger partial charge in [0.15, 0.2) is 6.39 Å². The van der Waals surface area contributed by atoms with Gasteiger partial charge in [0.25, 0.3) is 5.91 Å². The van der Waals surface area contributed by atoms with Crippen molar-refractivity contribution in [1.29, 1.82) is 0 Å². The van der Waals surface area contributed by atoms with Crippen molar-refractivity contribution < 1.29 is 14.3 Å². The summed E-state index contributed by atoms with van der Waals surface area (Å²) in [5, 5.41) is 11.7. The van der Waals surface area contributed by atoms with Crippen LogP contribution in [0.1, 0.15) is 21.8 Å². The zero-order valence-electron chi connectivity index (χ0n) is 10.6. The van der Waals surface area contributed by atoms with E-state index in [4.69, 9.17) is 21.1 Å². The number of hydrogen-bond acceptors (Lipinski definition) is 4. The molecule has 0 spiro atoms. The summed E-state index contributed by atoms with van der Waals surface area (Å²) in [6.07, 6.45) is 1.20. The number of aliphatic hydroxyl groups excluding tert-OH is 1. The number of hydrogen-bond donors (Lipinski definition) is 2. The molecule has 5 nitrogen and oxygen atoms in total. The van der Waals surface area contributed by atoms with Gasteiger partial charge >= 0.3 is 0 Å². The smallest absolute Gasteiger partial charge is 0.293 e. The predicted molar refractivity (Wildman–Crippen MR) is 74.6 cm³/mol. The largest absolute Gasteiger partial charge is 0.438 e. The number of aromatic nitrogens is 1. The van der Waals surface area contributed by atoms with Gasteiger partial charge in [-0.2, -0.15) is 0 Å². The molecule has 0 radical (unpaired) electrons. The molecule has 20 heavy (non-hydrogen) atoms. The van der Waals surface area contributed by atoms with E-state index in [0.717, 1.165) is 0 Å². The molecule has 0 aliphatic carbocycles. The van der Waals surface area contributed by atoms with Crippen LogP contribution in [0.5, 0.6) is 0 Å². The Hall–Kier alpha value is -2.29. The molecule has 2 rings (SSSR count). The van der Waals surface area contributed by atoms with E-state index in [1.165, 1.54) is 6.39 Å². The van der Waals surface area contributed by atoms with Gasteiger partial charge in [0.05, 0.1) is 16.4 Å². The third kappa shape index (κ3) is 3.18.